The summed E-state index contributed by atoms with van der Waals surface area (Å²) >= 11 is 0. The summed E-state index contributed by atoms with van der Waals surface area (Å²) in [5, 5.41) is 0. The van der Waals surface area contributed by atoms with Gasteiger partial charge in [-0.1, -0.05) is 17.7 Å². The van der Waals surface area contributed by atoms with Gasteiger partial charge in [-0.2, -0.15) is 0 Å². The first-order chi connectivity index (χ1) is 11.9. The van der Waals surface area contributed by atoms with Crippen molar-refractivity contribution in [2.24, 2.45) is 0 Å². The second kappa shape index (κ2) is 7.49. The van der Waals surface area contributed by atoms with E-state index < -0.39 is 10.0 Å². The summed E-state index contributed by atoms with van der Waals surface area (Å²) in [6, 6.07) is 7.44. The monoisotopic (exact) mass is 361 g/mol. The Hall–Kier alpha value is -1.99. The number of benzene rings is 1. The van der Waals surface area contributed by atoms with E-state index in [-0.39, 0.29) is 12.1 Å². The van der Waals surface area contributed by atoms with Crippen molar-refractivity contribution in [2.45, 2.75) is 56.6 Å². The highest BCUT2D eigenvalue weighted by atomic mass is 32.2. The Morgan fingerprint density at radius 2 is 1.76 bits per heavy atom. The summed E-state index contributed by atoms with van der Waals surface area (Å²) in [4.78, 5) is 8.48. The fraction of sp³-hybridized carbons (Fsp3) is 0.444. The summed E-state index contributed by atoms with van der Waals surface area (Å²) < 4.78 is 33.9. The van der Waals surface area contributed by atoms with Crippen molar-refractivity contribution < 1.29 is 13.2 Å². The number of rotatable bonds is 5. The zero-order chi connectivity index (χ0) is 17.9. The molecule has 6 nitrogen and oxygen atoms in total. The molecule has 0 atom stereocenters. The minimum Gasteiger partial charge on any atom is -0.460 e. The van der Waals surface area contributed by atoms with Crippen molar-refractivity contribution in [3.63, 3.8) is 0 Å². The van der Waals surface area contributed by atoms with E-state index in [1.807, 2.05) is 26.0 Å². The summed E-state index contributed by atoms with van der Waals surface area (Å²) in [6.45, 7) is 3.78. The molecular weight excluding hydrogens is 338 g/mol. The van der Waals surface area contributed by atoms with E-state index in [1.165, 1.54) is 0 Å². The van der Waals surface area contributed by atoms with E-state index in [1.54, 1.807) is 24.5 Å². The van der Waals surface area contributed by atoms with E-state index in [2.05, 4.69) is 14.7 Å². The molecule has 0 amide bonds. The third-order valence-electron chi connectivity index (χ3n) is 4.43. The SMILES string of the molecule is Cc1ccc(S(=O)(=O)NC2CCC(Oc3ncccn3)CC2)c(C)c1. The van der Waals surface area contributed by atoms with Gasteiger partial charge in [0.1, 0.15) is 6.10 Å². The molecule has 1 aliphatic rings. The van der Waals surface area contributed by atoms with Crippen molar-refractivity contribution >= 4 is 10.0 Å². The van der Waals surface area contributed by atoms with E-state index in [0.717, 1.165) is 36.8 Å². The number of nitrogens with one attached hydrogen (secondary N) is 1. The summed E-state index contributed by atoms with van der Waals surface area (Å²) in [5.74, 6) is 0. The predicted octanol–water partition coefficient (Wildman–Crippen LogP) is 2.76. The largest absolute Gasteiger partial charge is 0.460 e. The lowest BCUT2D eigenvalue weighted by molar-refractivity contribution is 0.132. The van der Waals surface area contributed by atoms with Gasteiger partial charge < -0.3 is 4.74 Å². The molecule has 134 valence electrons. The molecule has 0 spiro atoms. The number of aryl methyl sites for hydroxylation is 2. The van der Waals surface area contributed by atoms with Gasteiger partial charge >= 0.3 is 6.01 Å². The molecule has 1 aromatic heterocycles. The van der Waals surface area contributed by atoms with Crippen LogP contribution in [0.3, 0.4) is 0 Å². The molecule has 1 heterocycles. The van der Waals surface area contributed by atoms with Crippen LogP contribution in [-0.2, 0) is 10.0 Å². The number of ether oxygens (including phenoxy) is 1. The van der Waals surface area contributed by atoms with Crippen molar-refractivity contribution in [2.75, 3.05) is 0 Å². The van der Waals surface area contributed by atoms with Crippen LogP contribution in [0.5, 0.6) is 6.01 Å². The molecule has 1 aromatic carbocycles. The van der Waals surface area contributed by atoms with Crippen LogP contribution in [0.4, 0.5) is 0 Å². The molecule has 3 rings (SSSR count). The smallest absolute Gasteiger partial charge is 0.316 e. The Kier molecular flexibility index (Phi) is 5.34. The number of hydrogen-bond donors (Lipinski definition) is 1. The summed E-state index contributed by atoms with van der Waals surface area (Å²) in [6.07, 6.45) is 6.35. The van der Waals surface area contributed by atoms with Gasteiger partial charge in [0, 0.05) is 18.4 Å². The number of sulfonamides is 1. The maximum absolute atomic E-state index is 12.6. The molecular formula is C18H23N3O3S. The minimum absolute atomic E-state index is 0.0317. The minimum atomic E-state index is -3.50. The second-order valence-corrected chi connectivity index (χ2v) is 8.20. The number of aromatic nitrogens is 2. The molecule has 25 heavy (non-hydrogen) atoms. The zero-order valence-electron chi connectivity index (χ0n) is 14.5. The van der Waals surface area contributed by atoms with Crippen LogP contribution in [0, 0.1) is 13.8 Å². The highest BCUT2D eigenvalue weighted by molar-refractivity contribution is 7.89. The summed E-state index contributed by atoms with van der Waals surface area (Å²) in [5.41, 5.74) is 1.82. The lowest BCUT2D eigenvalue weighted by Gasteiger charge is -2.28. The molecule has 0 bridgehead atoms. The van der Waals surface area contributed by atoms with Gasteiger partial charge in [0.15, 0.2) is 0 Å². The first kappa shape index (κ1) is 17.8. The van der Waals surface area contributed by atoms with Crippen LogP contribution < -0.4 is 9.46 Å². The van der Waals surface area contributed by atoms with E-state index in [9.17, 15) is 8.42 Å². The third kappa shape index (κ3) is 4.55. The molecule has 0 aliphatic heterocycles. The van der Waals surface area contributed by atoms with E-state index in [0.29, 0.717) is 10.9 Å². The van der Waals surface area contributed by atoms with Gasteiger partial charge in [-0.15, -0.1) is 0 Å². The van der Waals surface area contributed by atoms with Crippen LogP contribution >= 0.6 is 0 Å². The summed E-state index contributed by atoms with van der Waals surface area (Å²) in [7, 11) is -3.50. The van der Waals surface area contributed by atoms with Crippen LogP contribution in [0.15, 0.2) is 41.6 Å². The van der Waals surface area contributed by atoms with Crippen molar-refractivity contribution in [3.8, 4) is 6.01 Å². The van der Waals surface area contributed by atoms with Gasteiger partial charge in [0.2, 0.25) is 10.0 Å². The molecule has 1 aliphatic carbocycles. The van der Waals surface area contributed by atoms with Gasteiger partial charge in [-0.3, -0.25) is 0 Å². The van der Waals surface area contributed by atoms with Crippen molar-refractivity contribution in [3.05, 3.63) is 47.8 Å². The molecule has 2 aromatic rings. The first-order valence-electron chi connectivity index (χ1n) is 8.47. The van der Waals surface area contributed by atoms with Gasteiger partial charge in [0.05, 0.1) is 4.90 Å². The lowest BCUT2D eigenvalue weighted by Crippen LogP contribution is -2.40. The fourth-order valence-corrected chi connectivity index (χ4v) is 4.71. The fourth-order valence-electron chi connectivity index (χ4n) is 3.18. The van der Waals surface area contributed by atoms with Crippen LogP contribution in [0.25, 0.3) is 0 Å². The Labute approximate surface area is 148 Å². The number of hydrogen-bond acceptors (Lipinski definition) is 5. The van der Waals surface area contributed by atoms with E-state index >= 15 is 0 Å². The van der Waals surface area contributed by atoms with Gasteiger partial charge in [0.25, 0.3) is 0 Å². The van der Waals surface area contributed by atoms with Crippen molar-refractivity contribution in [1.29, 1.82) is 0 Å². The predicted molar refractivity (Wildman–Crippen MR) is 94.9 cm³/mol. The maximum atomic E-state index is 12.6. The maximum Gasteiger partial charge on any atom is 0.316 e. The Bertz CT molecular complexity index is 817. The average molecular weight is 361 g/mol. The molecule has 1 N–H and O–H groups in total. The Morgan fingerprint density at radius 1 is 1.08 bits per heavy atom. The molecule has 0 radical (unpaired) electrons. The van der Waals surface area contributed by atoms with Crippen LogP contribution in [0.2, 0.25) is 0 Å². The second-order valence-electron chi connectivity index (χ2n) is 6.51. The van der Waals surface area contributed by atoms with Gasteiger partial charge in [-0.05, 0) is 57.2 Å². The van der Waals surface area contributed by atoms with E-state index in [4.69, 9.17) is 4.74 Å². The number of nitrogens with zero attached hydrogens (tertiary/aromatic N) is 2. The molecule has 0 saturated heterocycles. The highest BCUT2D eigenvalue weighted by Gasteiger charge is 2.27. The molecule has 1 saturated carbocycles. The standard InChI is InChI=1S/C18H23N3O3S/c1-13-4-9-17(14(2)12-13)25(22,23)21-15-5-7-16(8-6-15)24-18-19-10-3-11-20-18/h3-4,9-12,15-16,21H,5-8H2,1-2H3. The molecule has 0 unspecified atom stereocenters. The Morgan fingerprint density at radius 3 is 2.40 bits per heavy atom. The van der Waals surface area contributed by atoms with Gasteiger partial charge in [-0.25, -0.2) is 23.1 Å². The average Bonchev–Trinajstić information content (AvgIpc) is 2.57. The topological polar surface area (TPSA) is 81.2 Å². The Balaban J connectivity index is 1.58. The van der Waals surface area contributed by atoms with Crippen LogP contribution in [0.1, 0.15) is 36.8 Å². The normalized spacial score (nSPS) is 21.0. The van der Waals surface area contributed by atoms with Crippen LogP contribution in [-0.4, -0.2) is 30.5 Å². The molecule has 7 heteroatoms. The molecule has 1 fully saturated rings. The lowest BCUT2D eigenvalue weighted by atomic mass is 9.94. The quantitative estimate of drug-likeness (QED) is 0.886. The third-order valence-corrected chi connectivity index (χ3v) is 6.11. The highest BCUT2D eigenvalue weighted by Crippen LogP contribution is 2.24. The first-order valence-corrected chi connectivity index (χ1v) is 9.95. The zero-order valence-corrected chi connectivity index (χ0v) is 15.3. The van der Waals surface area contributed by atoms with Crippen molar-refractivity contribution in [1.82, 2.24) is 14.7 Å².